The van der Waals surface area contributed by atoms with E-state index in [1.807, 2.05) is 0 Å². The van der Waals surface area contributed by atoms with Gasteiger partial charge in [-0.15, -0.1) is 0 Å². The van der Waals surface area contributed by atoms with Gasteiger partial charge >= 0.3 is 5.97 Å². The summed E-state index contributed by atoms with van der Waals surface area (Å²) in [6.07, 6.45) is -0.668. The molecule has 0 aliphatic heterocycles. The number of halogens is 1. The van der Waals surface area contributed by atoms with Crippen molar-refractivity contribution in [2.24, 2.45) is 5.73 Å². The molecular formula is C24H19ClN2O5S. The second-order valence-electron chi connectivity index (χ2n) is 7.00. The SMILES string of the molecule is NC(CC#Cc1ccccc1)(C(=O)O)S(=O)(=O)c1ccccc1NC(=O)c1ccc(Cl)cc1. The number of benzene rings is 3. The molecule has 3 aromatic rings. The first kappa shape index (κ1) is 24.0. The highest BCUT2D eigenvalue weighted by Crippen LogP contribution is 2.31. The van der Waals surface area contributed by atoms with Crippen LogP contribution < -0.4 is 11.1 Å². The van der Waals surface area contributed by atoms with Gasteiger partial charge in [-0.2, -0.15) is 0 Å². The summed E-state index contributed by atoms with van der Waals surface area (Å²) in [4.78, 5) is 21.4. The number of hydrogen-bond acceptors (Lipinski definition) is 5. The largest absolute Gasteiger partial charge is 0.479 e. The number of nitrogens with two attached hydrogens (primary N) is 1. The molecule has 168 valence electrons. The van der Waals surface area contributed by atoms with Gasteiger partial charge in [-0.05, 0) is 48.5 Å². The number of hydrogen-bond donors (Lipinski definition) is 3. The van der Waals surface area contributed by atoms with Crippen molar-refractivity contribution in [3.8, 4) is 11.8 Å². The molecule has 3 rings (SSSR count). The van der Waals surface area contributed by atoms with Crippen LogP contribution >= 0.6 is 11.6 Å². The van der Waals surface area contributed by atoms with Crippen molar-refractivity contribution in [1.29, 1.82) is 0 Å². The molecule has 33 heavy (non-hydrogen) atoms. The molecule has 0 aliphatic rings. The molecule has 1 amide bonds. The van der Waals surface area contributed by atoms with Crippen LogP contribution in [0.3, 0.4) is 0 Å². The summed E-state index contributed by atoms with van der Waals surface area (Å²) in [5, 5.41) is 12.7. The molecule has 0 fully saturated rings. The Morgan fingerprint density at radius 1 is 0.970 bits per heavy atom. The van der Waals surface area contributed by atoms with Gasteiger partial charge in [0, 0.05) is 16.1 Å². The molecule has 4 N–H and O–H groups in total. The number of sulfone groups is 1. The van der Waals surface area contributed by atoms with Crippen molar-refractivity contribution >= 4 is 39.0 Å². The minimum absolute atomic E-state index is 0.107. The van der Waals surface area contributed by atoms with Crippen LogP contribution in [0.2, 0.25) is 5.02 Å². The second-order valence-corrected chi connectivity index (χ2v) is 9.61. The Morgan fingerprint density at radius 3 is 2.21 bits per heavy atom. The van der Waals surface area contributed by atoms with Gasteiger partial charge in [0.2, 0.25) is 14.7 Å². The van der Waals surface area contributed by atoms with E-state index in [1.54, 1.807) is 30.3 Å². The first-order chi connectivity index (χ1) is 15.6. The number of para-hydroxylation sites is 1. The number of carboxylic acids is 1. The lowest BCUT2D eigenvalue weighted by molar-refractivity contribution is -0.139. The van der Waals surface area contributed by atoms with Gasteiger partial charge in [0.15, 0.2) is 0 Å². The molecular weight excluding hydrogens is 464 g/mol. The fourth-order valence-electron chi connectivity index (χ4n) is 2.88. The van der Waals surface area contributed by atoms with Crippen molar-refractivity contribution < 1.29 is 23.1 Å². The normalized spacial score (nSPS) is 12.7. The molecule has 0 heterocycles. The Balaban J connectivity index is 1.96. The minimum Gasteiger partial charge on any atom is -0.479 e. The van der Waals surface area contributed by atoms with Crippen molar-refractivity contribution in [1.82, 2.24) is 0 Å². The zero-order valence-electron chi connectivity index (χ0n) is 17.2. The Hall–Kier alpha value is -3.64. The van der Waals surface area contributed by atoms with Gasteiger partial charge in [0.1, 0.15) is 0 Å². The van der Waals surface area contributed by atoms with Gasteiger partial charge in [0.25, 0.3) is 5.91 Å². The minimum atomic E-state index is -4.68. The van der Waals surface area contributed by atoms with Crippen molar-refractivity contribution in [3.05, 3.63) is 95.0 Å². The smallest absolute Gasteiger partial charge is 0.340 e. The van der Waals surface area contributed by atoms with Crippen LogP contribution in [0.25, 0.3) is 0 Å². The Bertz CT molecular complexity index is 1350. The zero-order valence-corrected chi connectivity index (χ0v) is 18.7. The molecule has 7 nitrogen and oxygen atoms in total. The molecule has 1 unspecified atom stereocenters. The molecule has 0 spiro atoms. The molecule has 1 atom stereocenters. The van der Waals surface area contributed by atoms with E-state index in [1.165, 1.54) is 48.5 Å². The predicted molar refractivity (Wildman–Crippen MR) is 126 cm³/mol. The van der Waals surface area contributed by atoms with Crippen LogP contribution in [-0.2, 0) is 14.6 Å². The molecule has 0 radical (unpaired) electrons. The third-order valence-electron chi connectivity index (χ3n) is 4.73. The van der Waals surface area contributed by atoms with Crippen molar-refractivity contribution in [2.75, 3.05) is 5.32 Å². The molecule has 0 saturated heterocycles. The van der Waals surface area contributed by atoms with E-state index in [0.29, 0.717) is 10.6 Å². The monoisotopic (exact) mass is 482 g/mol. The summed E-state index contributed by atoms with van der Waals surface area (Å²) in [5.74, 6) is 2.91. The molecule has 9 heteroatoms. The van der Waals surface area contributed by atoms with Crippen molar-refractivity contribution in [3.63, 3.8) is 0 Å². The standard InChI is InChI=1S/C24H19ClN2O5S/c25-19-14-12-18(13-15-19)22(28)27-20-10-4-5-11-21(20)33(31,32)24(26,23(29)30)16-6-9-17-7-2-1-3-8-17/h1-5,7-8,10-15H,16,26H2,(H,27,28)(H,29,30). The van der Waals surface area contributed by atoms with Gasteiger partial charge in [0.05, 0.1) is 17.0 Å². The van der Waals surface area contributed by atoms with Gasteiger partial charge in [-0.1, -0.05) is 53.8 Å². The molecule has 0 aromatic heterocycles. The predicted octanol–water partition coefficient (Wildman–Crippen LogP) is 3.55. The van der Waals surface area contributed by atoms with E-state index >= 15 is 0 Å². The maximum Gasteiger partial charge on any atom is 0.340 e. The molecule has 0 bridgehead atoms. The molecule has 0 aliphatic carbocycles. The second kappa shape index (κ2) is 9.88. The average Bonchev–Trinajstić information content (AvgIpc) is 2.80. The highest BCUT2D eigenvalue weighted by molar-refractivity contribution is 7.93. The topological polar surface area (TPSA) is 127 Å². The average molecular weight is 483 g/mol. The van der Waals surface area contributed by atoms with Crippen LogP contribution in [0.1, 0.15) is 22.3 Å². The third kappa shape index (κ3) is 5.23. The number of amides is 1. The van der Waals surface area contributed by atoms with E-state index in [0.717, 1.165) is 0 Å². The van der Waals surface area contributed by atoms with Gasteiger partial charge in [-0.25, -0.2) is 13.2 Å². The number of rotatable bonds is 6. The summed E-state index contributed by atoms with van der Waals surface area (Å²) in [6, 6.07) is 20.1. The quantitative estimate of drug-likeness (QED) is 0.461. The fourth-order valence-corrected chi connectivity index (χ4v) is 4.56. The fraction of sp³-hybridized carbons (Fsp3) is 0.0833. The van der Waals surface area contributed by atoms with E-state index in [-0.39, 0.29) is 11.3 Å². The number of carbonyl (C=O) groups excluding carboxylic acids is 1. The Kier molecular flexibility index (Phi) is 7.19. The number of carbonyl (C=O) groups is 2. The lowest BCUT2D eigenvalue weighted by Crippen LogP contribution is -2.54. The van der Waals surface area contributed by atoms with E-state index in [9.17, 15) is 23.1 Å². The summed E-state index contributed by atoms with van der Waals surface area (Å²) >= 11 is 5.83. The summed E-state index contributed by atoms with van der Waals surface area (Å²) in [6.45, 7) is 0. The summed E-state index contributed by atoms with van der Waals surface area (Å²) < 4.78 is 26.8. The van der Waals surface area contributed by atoms with Crippen LogP contribution in [0.5, 0.6) is 0 Å². The highest BCUT2D eigenvalue weighted by atomic mass is 35.5. The van der Waals surface area contributed by atoms with E-state index < -0.39 is 37.9 Å². The van der Waals surface area contributed by atoms with E-state index in [4.69, 9.17) is 17.3 Å². The van der Waals surface area contributed by atoms with Gasteiger partial charge < -0.3 is 16.2 Å². The first-order valence-corrected chi connectivity index (χ1v) is 11.5. The lowest BCUT2D eigenvalue weighted by atomic mass is 10.2. The van der Waals surface area contributed by atoms with Gasteiger partial charge in [-0.3, -0.25) is 4.79 Å². The summed E-state index contributed by atoms with van der Waals surface area (Å²) in [5.41, 5.74) is 6.63. The maximum atomic E-state index is 13.4. The molecule has 3 aromatic carbocycles. The van der Waals surface area contributed by atoms with Crippen LogP contribution in [0.15, 0.2) is 83.8 Å². The Labute approximate surface area is 196 Å². The number of carboxylic acid groups (broad SMARTS) is 1. The first-order valence-electron chi connectivity index (χ1n) is 9.62. The highest BCUT2D eigenvalue weighted by Gasteiger charge is 2.49. The third-order valence-corrected chi connectivity index (χ3v) is 7.20. The molecule has 0 saturated carbocycles. The lowest BCUT2D eigenvalue weighted by Gasteiger charge is -2.24. The number of aliphatic carboxylic acids is 1. The van der Waals surface area contributed by atoms with Crippen LogP contribution in [0.4, 0.5) is 5.69 Å². The zero-order chi connectivity index (χ0) is 24.1. The van der Waals surface area contributed by atoms with E-state index in [2.05, 4.69) is 17.2 Å². The summed E-state index contributed by atoms with van der Waals surface area (Å²) in [7, 11) is -4.68. The number of nitrogens with one attached hydrogen (secondary N) is 1. The number of anilines is 1. The Morgan fingerprint density at radius 2 is 1.58 bits per heavy atom. The maximum absolute atomic E-state index is 13.4. The van der Waals surface area contributed by atoms with Crippen LogP contribution in [0, 0.1) is 11.8 Å². The van der Waals surface area contributed by atoms with Crippen LogP contribution in [-0.4, -0.2) is 30.3 Å². The van der Waals surface area contributed by atoms with Crippen molar-refractivity contribution in [2.45, 2.75) is 16.2 Å².